The van der Waals surface area contributed by atoms with Gasteiger partial charge in [-0.1, -0.05) is 23.7 Å². The Hall–Kier alpha value is -3.03. The number of rotatable bonds is 5. The highest BCUT2D eigenvalue weighted by atomic mass is 35.5. The summed E-state index contributed by atoms with van der Waals surface area (Å²) in [5.41, 5.74) is 0.749. The molecule has 31 heavy (non-hydrogen) atoms. The lowest BCUT2D eigenvalue weighted by Gasteiger charge is -2.27. The molecule has 0 saturated carbocycles. The number of hydrogen-bond donors (Lipinski definition) is 2. The van der Waals surface area contributed by atoms with Crippen LogP contribution >= 0.6 is 11.6 Å². The number of halogens is 1. The highest BCUT2D eigenvalue weighted by Gasteiger charge is 2.47. The highest BCUT2D eigenvalue weighted by molar-refractivity contribution is 6.46. The van der Waals surface area contributed by atoms with Crippen LogP contribution in [0.2, 0.25) is 5.02 Å². The number of carbonyl (C=O) groups is 2. The van der Waals surface area contributed by atoms with E-state index >= 15 is 0 Å². The second-order valence-electron chi connectivity index (χ2n) is 7.53. The molecule has 2 N–H and O–H groups in total. The van der Waals surface area contributed by atoms with Gasteiger partial charge in [0, 0.05) is 18.7 Å². The number of aromatic hydroxyl groups is 1. The molecule has 2 heterocycles. The van der Waals surface area contributed by atoms with E-state index in [-0.39, 0.29) is 29.7 Å². The first-order chi connectivity index (χ1) is 14.9. The number of phenolic OH excluding ortho intramolecular Hbond substituents is 1. The van der Waals surface area contributed by atoms with Crippen LogP contribution in [0.4, 0.5) is 0 Å². The fourth-order valence-corrected chi connectivity index (χ4v) is 4.27. The lowest BCUT2D eigenvalue weighted by molar-refractivity contribution is -0.140. The van der Waals surface area contributed by atoms with Crippen molar-refractivity contribution in [2.75, 3.05) is 20.3 Å². The lowest BCUT2D eigenvalue weighted by Crippen LogP contribution is -2.36. The third-order valence-corrected chi connectivity index (χ3v) is 5.89. The van der Waals surface area contributed by atoms with E-state index in [1.807, 2.05) is 0 Å². The Morgan fingerprint density at radius 2 is 2.06 bits per heavy atom. The van der Waals surface area contributed by atoms with E-state index in [0.717, 1.165) is 12.8 Å². The molecule has 2 aromatic rings. The number of carbonyl (C=O) groups excluding carboxylic acids is 2. The summed E-state index contributed by atoms with van der Waals surface area (Å²) >= 11 is 6.08. The molecular weight excluding hydrogens is 422 g/mol. The Balaban J connectivity index is 1.84. The molecule has 0 spiro atoms. The van der Waals surface area contributed by atoms with Crippen molar-refractivity contribution in [3.8, 4) is 11.5 Å². The number of ether oxygens (including phenoxy) is 2. The zero-order valence-corrected chi connectivity index (χ0v) is 17.6. The summed E-state index contributed by atoms with van der Waals surface area (Å²) in [5.74, 6) is -1.53. The van der Waals surface area contributed by atoms with Crippen molar-refractivity contribution in [3.05, 3.63) is 64.2 Å². The number of aliphatic hydroxyl groups excluding tert-OH is 1. The molecule has 0 aliphatic carbocycles. The summed E-state index contributed by atoms with van der Waals surface area (Å²) in [6.07, 6.45) is 1.48. The molecule has 0 radical (unpaired) electrons. The fourth-order valence-electron chi connectivity index (χ4n) is 4.08. The molecular formula is C23H22ClNO6. The van der Waals surface area contributed by atoms with Crippen molar-refractivity contribution in [1.29, 1.82) is 0 Å². The van der Waals surface area contributed by atoms with Crippen molar-refractivity contribution in [1.82, 2.24) is 4.90 Å². The second kappa shape index (κ2) is 8.61. The normalized spacial score (nSPS) is 22.8. The number of phenols is 1. The van der Waals surface area contributed by atoms with Crippen LogP contribution < -0.4 is 4.74 Å². The smallest absolute Gasteiger partial charge is 0.295 e. The zero-order chi connectivity index (χ0) is 22.1. The maximum absolute atomic E-state index is 13.0. The van der Waals surface area contributed by atoms with Crippen LogP contribution in [0.1, 0.15) is 30.0 Å². The van der Waals surface area contributed by atoms with Crippen LogP contribution in [0.25, 0.3) is 5.76 Å². The minimum absolute atomic E-state index is 0.00614. The predicted octanol–water partition coefficient (Wildman–Crippen LogP) is 3.65. The van der Waals surface area contributed by atoms with E-state index < -0.39 is 17.7 Å². The van der Waals surface area contributed by atoms with Crippen molar-refractivity contribution >= 4 is 29.1 Å². The first-order valence-corrected chi connectivity index (χ1v) is 10.3. The van der Waals surface area contributed by atoms with Gasteiger partial charge in [0.15, 0.2) is 0 Å². The van der Waals surface area contributed by atoms with Gasteiger partial charge in [0.2, 0.25) is 0 Å². The SMILES string of the molecule is COc1cc(/C(O)=C2/C(=O)C(=O)N(CC3CCCO3)C2c2cccc(O)c2)ccc1Cl. The predicted molar refractivity (Wildman–Crippen MR) is 114 cm³/mol. The molecule has 2 atom stereocenters. The van der Waals surface area contributed by atoms with Crippen LogP contribution in [0.3, 0.4) is 0 Å². The van der Waals surface area contributed by atoms with E-state index in [0.29, 0.717) is 28.5 Å². The average Bonchev–Trinajstić information content (AvgIpc) is 3.36. The number of nitrogens with zero attached hydrogens (tertiary/aromatic N) is 1. The summed E-state index contributed by atoms with van der Waals surface area (Å²) in [7, 11) is 1.44. The number of Topliss-reactive ketones (excluding diaryl/α,β-unsaturated/α-hetero) is 1. The monoisotopic (exact) mass is 443 g/mol. The molecule has 2 saturated heterocycles. The quantitative estimate of drug-likeness (QED) is 0.416. The number of amides is 1. The topological polar surface area (TPSA) is 96.3 Å². The third kappa shape index (κ3) is 3.98. The molecule has 0 aromatic heterocycles. The fraction of sp³-hybridized carbons (Fsp3) is 0.304. The molecule has 1 amide bonds. The van der Waals surface area contributed by atoms with Crippen molar-refractivity contribution < 1.29 is 29.3 Å². The molecule has 2 aromatic carbocycles. The molecule has 0 bridgehead atoms. The molecule has 2 fully saturated rings. The number of hydrogen-bond acceptors (Lipinski definition) is 6. The zero-order valence-electron chi connectivity index (χ0n) is 16.9. The Bertz CT molecular complexity index is 1060. The van der Waals surface area contributed by atoms with Gasteiger partial charge in [-0.25, -0.2) is 0 Å². The van der Waals surface area contributed by atoms with Gasteiger partial charge in [-0.05, 0) is 48.7 Å². The second-order valence-corrected chi connectivity index (χ2v) is 7.94. The Labute approximate surface area is 184 Å². The number of methoxy groups -OCH3 is 1. The van der Waals surface area contributed by atoms with Gasteiger partial charge in [0.1, 0.15) is 17.3 Å². The average molecular weight is 444 g/mol. The van der Waals surface area contributed by atoms with E-state index in [4.69, 9.17) is 21.1 Å². The van der Waals surface area contributed by atoms with Gasteiger partial charge >= 0.3 is 0 Å². The summed E-state index contributed by atoms with van der Waals surface area (Å²) in [5, 5.41) is 21.4. The van der Waals surface area contributed by atoms with Crippen LogP contribution in [0.15, 0.2) is 48.0 Å². The summed E-state index contributed by atoms with van der Waals surface area (Å²) < 4.78 is 10.9. The summed E-state index contributed by atoms with van der Waals surface area (Å²) in [6, 6.07) is 10.0. The maximum atomic E-state index is 13.0. The maximum Gasteiger partial charge on any atom is 0.295 e. The molecule has 162 valence electrons. The van der Waals surface area contributed by atoms with Gasteiger partial charge in [-0.15, -0.1) is 0 Å². The van der Waals surface area contributed by atoms with Crippen LogP contribution in [0.5, 0.6) is 11.5 Å². The minimum Gasteiger partial charge on any atom is -0.508 e. The number of benzene rings is 2. The Morgan fingerprint density at radius 3 is 2.74 bits per heavy atom. The van der Waals surface area contributed by atoms with Crippen molar-refractivity contribution in [2.24, 2.45) is 0 Å². The van der Waals surface area contributed by atoms with Gasteiger partial charge in [0.05, 0.1) is 29.9 Å². The van der Waals surface area contributed by atoms with Crippen LogP contribution in [-0.2, 0) is 14.3 Å². The molecule has 2 unspecified atom stereocenters. The van der Waals surface area contributed by atoms with Crippen molar-refractivity contribution in [2.45, 2.75) is 25.0 Å². The molecule has 2 aliphatic rings. The first kappa shape index (κ1) is 21.2. The van der Waals surface area contributed by atoms with E-state index in [1.165, 1.54) is 30.2 Å². The first-order valence-electron chi connectivity index (χ1n) is 9.93. The molecule has 2 aliphatic heterocycles. The number of aliphatic hydroxyl groups is 1. The largest absolute Gasteiger partial charge is 0.508 e. The van der Waals surface area contributed by atoms with Gasteiger partial charge < -0.3 is 24.6 Å². The van der Waals surface area contributed by atoms with E-state index in [2.05, 4.69) is 0 Å². The molecule has 4 rings (SSSR count). The van der Waals surface area contributed by atoms with E-state index in [9.17, 15) is 19.8 Å². The number of likely N-dealkylation sites (tertiary alicyclic amines) is 1. The number of ketones is 1. The summed E-state index contributed by atoms with van der Waals surface area (Å²) in [4.78, 5) is 27.4. The van der Waals surface area contributed by atoms with Crippen molar-refractivity contribution in [3.63, 3.8) is 0 Å². The third-order valence-electron chi connectivity index (χ3n) is 5.57. The molecule has 8 heteroatoms. The van der Waals surface area contributed by atoms with Gasteiger partial charge in [0.25, 0.3) is 11.7 Å². The summed E-state index contributed by atoms with van der Waals surface area (Å²) in [6.45, 7) is 0.821. The lowest BCUT2D eigenvalue weighted by atomic mass is 9.95. The van der Waals surface area contributed by atoms with Gasteiger partial charge in [-0.2, -0.15) is 0 Å². The van der Waals surface area contributed by atoms with Crippen LogP contribution in [-0.4, -0.2) is 53.2 Å². The standard InChI is InChI=1S/C23H22ClNO6/c1-30-18-11-14(7-8-17(18)24)21(27)19-20(13-4-2-5-15(26)10-13)25(23(29)22(19)28)12-16-6-3-9-31-16/h2,4-5,7-8,10-11,16,20,26-27H,3,6,9,12H2,1H3/b21-19-. The Kier molecular flexibility index (Phi) is 5.89. The minimum atomic E-state index is -0.863. The highest BCUT2D eigenvalue weighted by Crippen LogP contribution is 2.41. The van der Waals surface area contributed by atoms with Crippen LogP contribution in [0, 0.1) is 0 Å². The molecule has 7 nitrogen and oxygen atoms in total. The Morgan fingerprint density at radius 1 is 1.26 bits per heavy atom. The van der Waals surface area contributed by atoms with E-state index in [1.54, 1.807) is 24.3 Å². The van der Waals surface area contributed by atoms with Gasteiger partial charge in [-0.3, -0.25) is 9.59 Å².